The lowest BCUT2D eigenvalue weighted by molar-refractivity contribution is -0.137. The molecule has 0 spiro atoms. The summed E-state index contributed by atoms with van der Waals surface area (Å²) in [5.74, 6) is -0.590. The Balaban J connectivity index is 2.13. The average molecular weight is 465 g/mol. The van der Waals surface area contributed by atoms with Crippen LogP contribution in [0.25, 0.3) is 0 Å². The molecule has 0 atom stereocenters. The number of carboxylic acids is 1. The first kappa shape index (κ1) is 26.4. The minimum absolute atomic E-state index is 0.0130. The fourth-order valence-electron chi connectivity index (χ4n) is 2.85. The molecule has 1 amide bonds. The Kier molecular flexibility index (Phi) is 12.7. The number of unbranched alkanes of at least 4 members (excludes halogenated alkanes) is 7. The molecule has 0 aliphatic heterocycles. The zero-order valence-corrected chi connectivity index (χ0v) is 18.9. The maximum absolute atomic E-state index is 12.1. The van der Waals surface area contributed by atoms with Crippen LogP contribution in [0, 0.1) is 0 Å². The van der Waals surface area contributed by atoms with E-state index in [-0.39, 0.29) is 25.1 Å². The van der Waals surface area contributed by atoms with Crippen LogP contribution in [0.3, 0.4) is 0 Å². The van der Waals surface area contributed by atoms with Gasteiger partial charge in [0, 0.05) is 24.4 Å². The Labute approximate surface area is 181 Å². The van der Waals surface area contributed by atoms with Crippen molar-refractivity contribution in [2.75, 3.05) is 23.8 Å². The van der Waals surface area contributed by atoms with E-state index >= 15 is 0 Å². The maximum atomic E-state index is 12.1. The molecule has 0 saturated heterocycles. The van der Waals surface area contributed by atoms with Crippen molar-refractivity contribution in [3.63, 3.8) is 0 Å². The van der Waals surface area contributed by atoms with Crippen molar-refractivity contribution in [2.24, 2.45) is 0 Å². The Bertz CT molecular complexity index is 705. The highest BCUT2D eigenvalue weighted by Crippen LogP contribution is 2.38. The molecule has 0 saturated carbocycles. The molecule has 11 heteroatoms. The fourth-order valence-corrected chi connectivity index (χ4v) is 4.29. The van der Waals surface area contributed by atoms with Gasteiger partial charge in [0.25, 0.3) is 0 Å². The van der Waals surface area contributed by atoms with Gasteiger partial charge in [-0.1, -0.05) is 38.5 Å². The third kappa shape index (κ3) is 12.8. The molecule has 0 aliphatic carbocycles. The van der Waals surface area contributed by atoms with Crippen LogP contribution in [-0.4, -0.2) is 39.5 Å². The number of amides is 1. The quantitative estimate of drug-likeness (QED) is 0.169. The fraction of sp³-hybridized carbons (Fsp3) is 0.684. The maximum Gasteiger partial charge on any atom is 0.325 e. The molecule has 6 N–H and O–H groups in total. The average Bonchev–Trinajstić information content (AvgIpc) is 2.98. The van der Waals surface area contributed by atoms with Crippen LogP contribution in [0.4, 0.5) is 10.7 Å². The molecular weight excluding hydrogens is 431 g/mol. The van der Waals surface area contributed by atoms with Crippen LogP contribution in [-0.2, 0) is 14.2 Å². The number of hydrogen-bond donors (Lipinski definition) is 5. The molecule has 0 aromatic carbocycles. The highest BCUT2D eigenvalue weighted by Gasteiger charge is 2.14. The normalized spacial score (nSPS) is 11.4. The Morgan fingerprint density at radius 1 is 1.00 bits per heavy atom. The highest BCUT2D eigenvalue weighted by molar-refractivity contribution is 7.51. The molecule has 1 aromatic rings. The van der Waals surface area contributed by atoms with E-state index < -0.39 is 13.6 Å². The van der Waals surface area contributed by atoms with Crippen LogP contribution >= 0.6 is 18.9 Å². The lowest BCUT2D eigenvalue weighted by Crippen LogP contribution is -2.11. The molecule has 9 nitrogen and oxygen atoms in total. The number of anilines is 2. The minimum Gasteiger partial charge on any atom is -0.488 e. The first-order chi connectivity index (χ1) is 14.2. The summed E-state index contributed by atoms with van der Waals surface area (Å²) in [5.41, 5.74) is 6.28. The van der Waals surface area contributed by atoms with Gasteiger partial charge in [-0.2, -0.15) is 0 Å². The second-order valence-electron chi connectivity index (χ2n) is 7.21. The smallest absolute Gasteiger partial charge is 0.325 e. The van der Waals surface area contributed by atoms with E-state index in [2.05, 4.69) is 5.32 Å². The third-order valence-corrected chi connectivity index (χ3v) is 6.20. The number of carboxylic acid groups (broad SMARTS) is 1. The summed E-state index contributed by atoms with van der Waals surface area (Å²) in [6.07, 6.45) is 7.93. The van der Waals surface area contributed by atoms with Gasteiger partial charge in [0.15, 0.2) is 5.75 Å². The molecule has 1 rings (SSSR count). The number of nitrogens with two attached hydrogens (primary N) is 1. The van der Waals surface area contributed by atoms with E-state index in [9.17, 15) is 14.2 Å². The summed E-state index contributed by atoms with van der Waals surface area (Å²) >= 11 is 1.28. The van der Waals surface area contributed by atoms with Gasteiger partial charge in [-0.25, -0.2) is 0 Å². The first-order valence-corrected chi connectivity index (χ1v) is 12.9. The monoisotopic (exact) mass is 464 g/mol. The van der Waals surface area contributed by atoms with Crippen LogP contribution in [0.15, 0.2) is 5.38 Å². The largest absolute Gasteiger partial charge is 0.488 e. The second-order valence-corrected chi connectivity index (χ2v) is 9.87. The Hall–Kier alpha value is -1.61. The SMILES string of the molecule is Nc1csc(NC(=O)CCCCCCCCCCP(=O)(O)O)c1OCCCC(=O)O. The summed E-state index contributed by atoms with van der Waals surface area (Å²) in [4.78, 5) is 40.2. The number of aliphatic carboxylic acids is 1. The molecule has 172 valence electrons. The van der Waals surface area contributed by atoms with Crippen LogP contribution in [0.2, 0.25) is 0 Å². The summed E-state index contributed by atoms with van der Waals surface area (Å²) in [5, 5.41) is 13.7. The number of rotatable bonds is 17. The topological polar surface area (TPSA) is 159 Å². The van der Waals surface area contributed by atoms with Gasteiger partial charge in [-0.3, -0.25) is 14.2 Å². The number of nitrogen functional groups attached to an aromatic ring is 1. The summed E-state index contributed by atoms with van der Waals surface area (Å²) in [7, 11) is -3.86. The minimum atomic E-state index is -3.86. The van der Waals surface area contributed by atoms with Crippen molar-refractivity contribution in [2.45, 2.75) is 70.6 Å². The number of hydrogen-bond acceptors (Lipinski definition) is 6. The van der Waals surface area contributed by atoms with Crippen LogP contribution in [0.1, 0.15) is 70.6 Å². The van der Waals surface area contributed by atoms with Gasteiger partial charge in [0.1, 0.15) is 5.00 Å². The van der Waals surface area contributed by atoms with Crippen molar-refractivity contribution in [1.82, 2.24) is 0 Å². The predicted molar refractivity (Wildman–Crippen MR) is 118 cm³/mol. The van der Waals surface area contributed by atoms with E-state index in [1.807, 2.05) is 0 Å². The van der Waals surface area contributed by atoms with Gasteiger partial charge in [0.2, 0.25) is 5.91 Å². The Morgan fingerprint density at radius 2 is 1.60 bits per heavy atom. The standard InChI is InChI=1S/C19H33N2O7PS/c20-15-14-30-19(18(15)28-12-9-11-17(23)24)21-16(22)10-7-5-3-1-2-4-6-8-13-29(25,26)27/h14H,1-13,20H2,(H,21,22)(H,23,24)(H2,25,26,27). The summed E-state index contributed by atoms with van der Waals surface area (Å²) in [6, 6.07) is 0. The molecule has 0 unspecified atom stereocenters. The van der Waals surface area contributed by atoms with Gasteiger partial charge in [0.05, 0.1) is 12.3 Å². The van der Waals surface area contributed by atoms with Crippen LogP contribution in [0.5, 0.6) is 5.75 Å². The number of carbonyl (C=O) groups is 2. The highest BCUT2D eigenvalue weighted by atomic mass is 32.1. The molecule has 0 radical (unpaired) electrons. The molecule has 0 bridgehead atoms. The zero-order valence-electron chi connectivity index (χ0n) is 17.2. The van der Waals surface area contributed by atoms with Crippen molar-refractivity contribution < 1.29 is 33.8 Å². The number of nitrogens with one attached hydrogen (secondary N) is 1. The molecule has 0 aliphatic rings. The molecule has 30 heavy (non-hydrogen) atoms. The second kappa shape index (κ2) is 14.4. The molecular formula is C19H33N2O7PS. The molecule has 1 aromatic heterocycles. The zero-order chi connectivity index (χ0) is 22.4. The molecule has 0 fully saturated rings. The summed E-state index contributed by atoms with van der Waals surface area (Å²) < 4.78 is 16.3. The van der Waals surface area contributed by atoms with Gasteiger partial charge < -0.3 is 30.7 Å². The van der Waals surface area contributed by atoms with Gasteiger partial charge in [-0.15, -0.1) is 11.3 Å². The first-order valence-electron chi connectivity index (χ1n) is 10.2. The number of ether oxygens (including phenoxy) is 1. The lowest BCUT2D eigenvalue weighted by atomic mass is 10.1. The van der Waals surface area contributed by atoms with Crippen molar-refractivity contribution >= 4 is 41.5 Å². The number of carbonyl (C=O) groups excluding carboxylic acids is 1. The van der Waals surface area contributed by atoms with Crippen molar-refractivity contribution in [3.05, 3.63) is 5.38 Å². The van der Waals surface area contributed by atoms with Crippen molar-refractivity contribution in [3.8, 4) is 5.75 Å². The van der Waals surface area contributed by atoms with Gasteiger partial charge >= 0.3 is 13.6 Å². The Morgan fingerprint density at radius 3 is 2.20 bits per heavy atom. The molecule has 1 heterocycles. The van der Waals surface area contributed by atoms with E-state index in [0.29, 0.717) is 35.7 Å². The third-order valence-electron chi connectivity index (χ3n) is 4.41. The van der Waals surface area contributed by atoms with E-state index in [4.69, 9.17) is 25.4 Å². The van der Waals surface area contributed by atoms with Crippen LogP contribution < -0.4 is 15.8 Å². The van der Waals surface area contributed by atoms with Crippen molar-refractivity contribution in [1.29, 1.82) is 0 Å². The van der Waals surface area contributed by atoms with E-state index in [0.717, 1.165) is 44.9 Å². The predicted octanol–water partition coefficient (Wildman–Crippen LogP) is 4.20. The summed E-state index contributed by atoms with van der Waals surface area (Å²) in [6.45, 7) is 0.218. The lowest BCUT2D eigenvalue weighted by Gasteiger charge is -2.09. The number of thiophene rings is 1. The van der Waals surface area contributed by atoms with E-state index in [1.165, 1.54) is 11.3 Å². The van der Waals surface area contributed by atoms with Gasteiger partial charge in [-0.05, 0) is 19.3 Å². The van der Waals surface area contributed by atoms with E-state index in [1.54, 1.807) is 5.38 Å².